The molecule has 0 saturated heterocycles. The molecule has 1 heterocycles. The Morgan fingerprint density at radius 2 is 1.96 bits per heavy atom. The Morgan fingerprint density at radius 3 is 2.67 bits per heavy atom. The first-order chi connectivity index (χ1) is 13.1. The van der Waals surface area contributed by atoms with E-state index in [2.05, 4.69) is 5.32 Å². The van der Waals surface area contributed by atoms with E-state index in [1.54, 1.807) is 36.4 Å². The van der Waals surface area contributed by atoms with E-state index in [4.69, 9.17) is 4.74 Å². The van der Waals surface area contributed by atoms with Crippen molar-refractivity contribution in [2.24, 2.45) is 0 Å². The SMILES string of the molecule is COc1cccc(NC(=O)/C(C#N)=C/c2ccc(-c3ccc(F)cc3)s2)c1. The molecule has 0 aliphatic rings. The number of carbonyl (C=O) groups excluding carboxylic acids is 1. The number of benzene rings is 2. The number of hydrogen-bond acceptors (Lipinski definition) is 4. The molecule has 0 bridgehead atoms. The predicted molar refractivity (Wildman–Crippen MR) is 105 cm³/mol. The van der Waals surface area contributed by atoms with E-state index >= 15 is 0 Å². The van der Waals surface area contributed by atoms with Gasteiger partial charge < -0.3 is 10.1 Å². The third kappa shape index (κ3) is 4.60. The van der Waals surface area contributed by atoms with Crippen LogP contribution in [0.4, 0.5) is 10.1 Å². The molecule has 3 aromatic rings. The number of rotatable bonds is 5. The fourth-order valence-electron chi connectivity index (χ4n) is 2.39. The lowest BCUT2D eigenvalue weighted by atomic mass is 10.2. The third-order valence-corrected chi connectivity index (χ3v) is 4.82. The van der Waals surface area contributed by atoms with E-state index < -0.39 is 5.91 Å². The molecule has 0 unspecified atom stereocenters. The highest BCUT2D eigenvalue weighted by atomic mass is 32.1. The highest BCUT2D eigenvalue weighted by molar-refractivity contribution is 7.16. The number of halogens is 1. The summed E-state index contributed by atoms with van der Waals surface area (Å²) in [6, 6.07) is 18.7. The topological polar surface area (TPSA) is 62.1 Å². The molecule has 27 heavy (non-hydrogen) atoms. The molecule has 0 aliphatic carbocycles. The van der Waals surface area contributed by atoms with Crippen LogP contribution in [0.15, 0.2) is 66.2 Å². The molecule has 0 aliphatic heterocycles. The molecule has 3 rings (SSSR count). The van der Waals surface area contributed by atoms with Crippen LogP contribution < -0.4 is 10.1 Å². The maximum Gasteiger partial charge on any atom is 0.266 e. The molecular formula is C21H15FN2O2S. The fraction of sp³-hybridized carbons (Fsp3) is 0.0476. The number of nitrogens with zero attached hydrogens (tertiary/aromatic N) is 1. The van der Waals surface area contributed by atoms with Crippen LogP contribution in [0.25, 0.3) is 16.5 Å². The molecule has 2 aromatic carbocycles. The normalized spacial score (nSPS) is 10.9. The second-order valence-electron chi connectivity index (χ2n) is 5.56. The summed E-state index contributed by atoms with van der Waals surface area (Å²) < 4.78 is 18.2. The van der Waals surface area contributed by atoms with Gasteiger partial charge in [0.05, 0.1) is 7.11 Å². The van der Waals surface area contributed by atoms with Gasteiger partial charge in [0.2, 0.25) is 0 Å². The Hall–Kier alpha value is -3.43. The van der Waals surface area contributed by atoms with Gasteiger partial charge in [-0.1, -0.05) is 18.2 Å². The largest absolute Gasteiger partial charge is 0.497 e. The molecule has 1 amide bonds. The minimum absolute atomic E-state index is 0.00896. The molecule has 0 spiro atoms. The van der Waals surface area contributed by atoms with Crippen LogP contribution in [0.3, 0.4) is 0 Å². The van der Waals surface area contributed by atoms with Crippen LogP contribution in [-0.2, 0) is 4.79 Å². The number of carbonyl (C=O) groups is 1. The standard InChI is InChI=1S/C21H15FN2O2S/c1-26-18-4-2-3-17(12-18)24-21(25)15(13-23)11-19-9-10-20(27-19)14-5-7-16(22)8-6-14/h2-12H,1H3,(H,24,25)/b15-11+. The summed E-state index contributed by atoms with van der Waals surface area (Å²) >= 11 is 1.42. The zero-order valence-corrected chi connectivity index (χ0v) is 15.2. The van der Waals surface area contributed by atoms with Crippen molar-refractivity contribution in [3.63, 3.8) is 0 Å². The maximum absolute atomic E-state index is 13.0. The van der Waals surface area contributed by atoms with E-state index in [9.17, 15) is 14.4 Å². The van der Waals surface area contributed by atoms with Crippen molar-refractivity contribution in [3.05, 3.63) is 76.9 Å². The zero-order chi connectivity index (χ0) is 19.2. The van der Waals surface area contributed by atoms with Crippen molar-refractivity contribution in [1.29, 1.82) is 5.26 Å². The van der Waals surface area contributed by atoms with Gasteiger partial charge in [-0.15, -0.1) is 11.3 Å². The monoisotopic (exact) mass is 378 g/mol. The van der Waals surface area contributed by atoms with E-state index in [1.807, 2.05) is 18.2 Å². The van der Waals surface area contributed by atoms with Gasteiger partial charge in [0, 0.05) is 21.5 Å². The zero-order valence-electron chi connectivity index (χ0n) is 14.4. The lowest BCUT2D eigenvalue weighted by molar-refractivity contribution is -0.112. The van der Waals surface area contributed by atoms with Crippen molar-refractivity contribution in [2.45, 2.75) is 0 Å². The summed E-state index contributed by atoms with van der Waals surface area (Å²) in [7, 11) is 1.54. The summed E-state index contributed by atoms with van der Waals surface area (Å²) in [4.78, 5) is 14.1. The molecule has 6 heteroatoms. The summed E-state index contributed by atoms with van der Waals surface area (Å²) in [5, 5.41) is 12.0. The van der Waals surface area contributed by atoms with Gasteiger partial charge in [-0.25, -0.2) is 4.39 Å². The third-order valence-electron chi connectivity index (χ3n) is 3.73. The van der Waals surface area contributed by atoms with E-state index in [0.29, 0.717) is 11.4 Å². The smallest absolute Gasteiger partial charge is 0.266 e. The second kappa shape index (κ2) is 8.30. The summed E-state index contributed by atoms with van der Waals surface area (Å²) in [5.41, 5.74) is 1.41. The summed E-state index contributed by atoms with van der Waals surface area (Å²) in [6.07, 6.45) is 1.53. The molecule has 134 valence electrons. The van der Waals surface area contributed by atoms with Crippen molar-refractivity contribution in [1.82, 2.24) is 0 Å². The number of amides is 1. The minimum atomic E-state index is -0.498. The second-order valence-corrected chi connectivity index (χ2v) is 6.68. The number of nitriles is 1. The number of ether oxygens (including phenoxy) is 1. The van der Waals surface area contributed by atoms with Crippen LogP contribution in [0.1, 0.15) is 4.88 Å². The number of nitrogens with one attached hydrogen (secondary N) is 1. The molecule has 1 N–H and O–H groups in total. The average Bonchev–Trinajstić information content (AvgIpc) is 3.15. The van der Waals surface area contributed by atoms with Gasteiger partial charge in [-0.3, -0.25) is 4.79 Å². The molecule has 0 radical (unpaired) electrons. The van der Waals surface area contributed by atoms with Crippen molar-refractivity contribution >= 4 is 29.0 Å². The molecule has 0 saturated carbocycles. The van der Waals surface area contributed by atoms with Crippen LogP contribution in [-0.4, -0.2) is 13.0 Å². The quantitative estimate of drug-likeness (QED) is 0.496. The molecule has 0 atom stereocenters. The van der Waals surface area contributed by atoms with Crippen molar-refractivity contribution < 1.29 is 13.9 Å². The first kappa shape index (κ1) is 18.4. The van der Waals surface area contributed by atoms with Crippen LogP contribution in [0.5, 0.6) is 5.75 Å². The van der Waals surface area contributed by atoms with E-state index in [1.165, 1.54) is 36.7 Å². The van der Waals surface area contributed by atoms with Gasteiger partial charge in [-0.05, 0) is 48.0 Å². The first-order valence-corrected chi connectivity index (χ1v) is 8.83. The minimum Gasteiger partial charge on any atom is -0.497 e. The van der Waals surface area contributed by atoms with E-state index in [-0.39, 0.29) is 11.4 Å². The molecule has 0 fully saturated rings. The first-order valence-electron chi connectivity index (χ1n) is 8.02. The average molecular weight is 378 g/mol. The van der Waals surface area contributed by atoms with Crippen molar-refractivity contribution in [2.75, 3.05) is 12.4 Å². The maximum atomic E-state index is 13.0. The van der Waals surface area contributed by atoms with Gasteiger partial charge in [-0.2, -0.15) is 5.26 Å². The predicted octanol–water partition coefficient (Wildman–Crippen LogP) is 5.11. The lowest BCUT2D eigenvalue weighted by Gasteiger charge is -2.06. The Bertz CT molecular complexity index is 1030. The number of hydrogen-bond donors (Lipinski definition) is 1. The van der Waals surface area contributed by atoms with Crippen LogP contribution in [0.2, 0.25) is 0 Å². The van der Waals surface area contributed by atoms with Gasteiger partial charge in [0.1, 0.15) is 23.2 Å². The number of methoxy groups -OCH3 is 1. The Morgan fingerprint density at radius 1 is 1.19 bits per heavy atom. The van der Waals surface area contributed by atoms with E-state index in [0.717, 1.165) is 15.3 Å². The van der Waals surface area contributed by atoms with Crippen LogP contribution >= 0.6 is 11.3 Å². The Balaban J connectivity index is 1.78. The molecule has 1 aromatic heterocycles. The lowest BCUT2D eigenvalue weighted by Crippen LogP contribution is -2.13. The van der Waals surface area contributed by atoms with Crippen LogP contribution in [0, 0.1) is 17.1 Å². The Labute approximate surface area is 160 Å². The summed E-state index contributed by atoms with van der Waals surface area (Å²) in [6.45, 7) is 0. The van der Waals surface area contributed by atoms with Crippen molar-refractivity contribution in [3.8, 4) is 22.3 Å². The molecule has 4 nitrogen and oxygen atoms in total. The highest BCUT2D eigenvalue weighted by Gasteiger charge is 2.11. The summed E-state index contributed by atoms with van der Waals surface area (Å²) in [5.74, 6) is -0.184. The van der Waals surface area contributed by atoms with Gasteiger partial charge in [0.25, 0.3) is 5.91 Å². The highest BCUT2D eigenvalue weighted by Crippen LogP contribution is 2.29. The number of thiophene rings is 1. The number of anilines is 1. The van der Waals surface area contributed by atoms with Gasteiger partial charge in [0.15, 0.2) is 0 Å². The molecular weight excluding hydrogens is 363 g/mol. The Kier molecular flexibility index (Phi) is 5.64. The fourth-order valence-corrected chi connectivity index (χ4v) is 3.35. The van der Waals surface area contributed by atoms with Gasteiger partial charge >= 0.3 is 0 Å².